The average molecular weight is 279 g/mol. The molecule has 0 spiro atoms. The van der Waals surface area contributed by atoms with Crippen molar-refractivity contribution in [2.75, 3.05) is 24.3 Å². The Kier molecular flexibility index (Phi) is 5.37. The van der Waals surface area contributed by atoms with E-state index < -0.39 is 18.0 Å². The Labute approximate surface area is 118 Å². The van der Waals surface area contributed by atoms with Crippen molar-refractivity contribution in [2.24, 2.45) is 5.92 Å². The molecule has 0 saturated carbocycles. The van der Waals surface area contributed by atoms with Crippen LogP contribution in [0, 0.1) is 5.92 Å². The fraction of sp³-hybridized carbons (Fsp3) is 0.429. The van der Waals surface area contributed by atoms with Crippen LogP contribution in [0.1, 0.15) is 13.8 Å². The number of carboxylic acid groups (broad SMARTS) is 1. The summed E-state index contributed by atoms with van der Waals surface area (Å²) >= 11 is 0. The molecule has 6 heteroatoms. The summed E-state index contributed by atoms with van der Waals surface area (Å²) in [6.07, 6.45) is 0. The van der Waals surface area contributed by atoms with Crippen LogP contribution in [-0.4, -0.2) is 37.2 Å². The summed E-state index contributed by atoms with van der Waals surface area (Å²) in [5, 5.41) is 14.2. The van der Waals surface area contributed by atoms with E-state index in [2.05, 4.69) is 10.6 Å². The number of carbonyl (C=O) groups is 2. The smallest absolute Gasteiger partial charge is 0.326 e. The topological polar surface area (TPSA) is 81.7 Å². The van der Waals surface area contributed by atoms with Gasteiger partial charge in [0.2, 0.25) is 0 Å². The van der Waals surface area contributed by atoms with Crippen LogP contribution in [0.15, 0.2) is 24.3 Å². The number of aliphatic carboxylic acids is 1. The summed E-state index contributed by atoms with van der Waals surface area (Å²) in [5.74, 6) is -1.24. The van der Waals surface area contributed by atoms with Crippen molar-refractivity contribution in [3.8, 4) is 0 Å². The van der Waals surface area contributed by atoms with Gasteiger partial charge in [0.1, 0.15) is 6.04 Å². The van der Waals surface area contributed by atoms with Crippen LogP contribution in [0.4, 0.5) is 16.2 Å². The number of benzene rings is 1. The van der Waals surface area contributed by atoms with Gasteiger partial charge >= 0.3 is 12.0 Å². The monoisotopic (exact) mass is 279 g/mol. The maximum Gasteiger partial charge on any atom is 0.326 e. The molecule has 0 unspecified atom stereocenters. The van der Waals surface area contributed by atoms with Crippen molar-refractivity contribution in [1.82, 2.24) is 5.32 Å². The van der Waals surface area contributed by atoms with Crippen molar-refractivity contribution in [1.29, 1.82) is 0 Å². The van der Waals surface area contributed by atoms with Crippen molar-refractivity contribution in [2.45, 2.75) is 19.9 Å². The molecule has 6 nitrogen and oxygen atoms in total. The molecule has 1 aromatic carbocycles. The van der Waals surface area contributed by atoms with Gasteiger partial charge in [0.15, 0.2) is 0 Å². The summed E-state index contributed by atoms with van der Waals surface area (Å²) in [7, 11) is 3.74. The highest BCUT2D eigenvalue weighted by molar-refractivity contribution is 5.95. The Morgan fingerprint density at radius 1 is 1.20 bits per heavy atom. The first-order valence-corrected chi connectivity index (χ1v) is 6.39. The zero-order valence-corrected chi connectivity index (χ0v) is 12.2. The van der Waals surface area contributed by atoms with Gasteiger partial charge in [0, 0.05) is 14.1 Å². The molecule has 0 fully saturated rings. The lowest BCUT2D eigenvalue weighted by Gasteiger charge is -2.21. The summed E-state index contributed by atoms with van der Waals surface area (Å²) in [4.78, 5) is 24.8. The minimum atomic E-state index is -1.05. The second kappa shape index (κ2) is 6.79. The van der Waals surface area contributed by atoms with E-state index in [9.17, 15) is 9.59 Å². The van der Waals surface area contributed by atoms with Gasteiger partial charge in [-0.3, -0.25) is 0 Å². The molecule has 0 bridgehead atoms. The molecule has 1 rings (SSSR count). The molecule has 20 heavy (non-hydrogen) atoms. The van der Waals surface area contributed by atoms with Crippen molar-refractivity contribution >= 4 is 23.4 Å². The summed E-state index contributed by atoms with van der Waals surface area (Å²) in [6, 6.07) is 5.86. The molecule has 1 atom stereocenters. The van der Waals surface area contributed by atoms with Crippen LogP contribution >= 0.6 is 0 Å². The standard InChI is InChI=1S/C14H21N3O3/c1-9(2)12(13(18)19)16-14(20)15-10-7-5-6-8-11(10)17(3)4/h5-9,12H,1-4H3,(H,18,19)(H2,15,16,20)/t12-/m1/s1. The molecule has 0 heterocycles. The van der Waals surface area contributed by atoms with Crippen LogP contribution < -0.4 is 15.5 Å². The average Bonchev–Trinajstić information content (AvgIpc) is 2.35. The number of nitrogens with zero attached hydrogens (tertiary/aromatic N) is 1. The highest BCUT2D eigenvalue weighted by atomic mass is 16.4. The summed E-state index contributed by atoms with van der Waals surface area (Å²) < 4.78 is 0. The molecule has 110 valence electrons. The number of para-hydroxylation sites is 2. The van der Waals surface area contributed by atoms with Crippen LogP contribution in [0.5, 0.6) is 0 Å². The molecule has 0 radical (unpaired) electrons. The fourth-order valence-corrected chi connectivity index (χ4v) is 1.78. The van der Waals surface area contributed by atoms with Crippen molar-refractivity contribution in [3.63, 3.8) is 0 Å². The predicted molar refractivity (Wildman–Crippen MR) is 79.2 cm³/mol. The minimum Gasteiger partial charge on any atom is -0.480 e. The quantitative estimate of drug-likeness (QED) is 0.770. The molecule has 0 aliphatic carbocycles. The predicted octanol–water partition coefficient (Wildman–Crippen LogP) is 1.98. The molecule has 0 saturated heterocycles. The van der Waals surface area contributed by atoms with Gasteiger partial charge in [-0.2, -0.15) is 0 Å². The SMILES string of the molecule is CC(C)[C@@H](NC(=O)Nc1ccccc1N(C)C)C(=O)O. The number of anilines is 2. The summed E-state index contributed by atoms with van der Waals surface area (Å²) in [6.45, 7) is 3.49. The first kappa shape index (κ1) is 15.8. The highest BCUT2D eigenvalue weighted by Crippen LogP contribution is 2.23. The molecule has 1 aromatic rings. The number of hydrogen-bond acceptors (Lipinski definition) is 3. The van der Waals surface area contributed by atoms with Crippen LogP contribution in [0.3, 0.4) is 0 Å². The number of urea groups is 1. The molecular weight excluding hydrogens is 258 g/mol. The lowest BCUT2D eigenvalue weighted by molar-refractivity contribution is -0.140. The Hall–Kier alpha value is -2.24. The maximum atomic E-state index is 11.9. The first-order valence-electron chi connectivity index (χ1n) is 6.39. The van der Waals surface area contributed by atoms with E-state index in [1.807, 2.05) is 31.1 Å². The Balaban J connectivity index is 2.79. The van der Waals surface area contributed by atoms with Gasteiger partial charge in [0.25, 0.3) is 0 Å². The second-order valence-corrected chi connectivity index (χ2v) is 5.07. The van der Waals surface area contributed by atoms with Crippen LogP contribution in [0.25, 0.3) is 0 Å². The third-order valence-electron chi connectivity index (χ3n) is 2.85. The van der Waals surface area contributed by atoms with E-state index >= 15 is 0 Å². The van der Waals surface area contributed by atoms with Gasteiger partial charge in [-0.15, -0.1) is 0 Å². The number of carbonyl (C=O) groups excluding carboxylic acids is 1. The van der Waals surface area contributed by atoms with Gasteiger partial charge in [-0.05, 0) is 18.1 Å². The zero-order chi connectivity index (χ0) is 15.3. The van der Waals surface area contributed by atoms with Gasteiger partial charge in [0.05, 0.1) is 11.4 Å². The molecule has 3 N–H and O–H groups in total. The van der Waals surface area contributed by atoms with Crippen LogP contribution in [-0.2, 0) is 4.79 Å². The van der Waals surface area contributed by atoms with E-state index in [0.717, 1.165) is 5.69 Å². The maximum absolute atomic E-state index is 11.9. The van der Waals surface area contributed by atoms with Crippen LogP contribution in [0.2, 0.25) is 0 Å². The van der Waals surface area contributed by atoms with E-state index in [4.69, 9.17) is 5.11 Å². The third-order valence-corrected chi connectivity index (χ3v) is 2.85. The molecular formula is C14H21N3O3. The second-order valence-electron chi connectivity index (χ2n) is 5.07. The number of carboxylic acids is 1. The van der Waals surface area contributed by atoms with E-state index in [0.29, 0.717) is 5.69 Å². The zero-order valence-electron chi connectivity index (χ0n) is 12.2. The molecule has 0 aromatic heterocycles. The van der Waals surface area contributed by atoms with Crippen molar-refractivity contribution < 1.29 is 14.7 Å². The Morgan fingerprint density at radius 2 is 1.80 bits per heavy atom. The van der Waals surface area contributed by atoms with E-state index in [-0.39, 0.29) is 5.92 Å². The molecule has 0 aliphatic heterocycles. The Bertz CT molecular complexity index is 486. The highest BCUT2D eigenvalue weighted by Gasteiger charge is 2.23. The number of nitrogens with one attached hydrogen (secondary N) is 2. The normalized spacial score (nSPS) is 11.8. The van der Waals surface area contributed by atoms with Gasteiger partial charge in [-0.25, -0.2) is 9.59 Å². The first-order chi connectivity index (χ1) is 9.32. The number of rotatable bonds is 5. The Morgan fingerprint density at radius 3 is 2.30 bits per heavy atom. The van der Waals surface area contributed by atoms with E-state index in [1.54, 1.807) is 26.0 Å². The number of amides is 2. The minimum absolute atomic E-state index is 0.192. The van der Waals surface area contributed by atoms with Gasteiger partial charge < -0.3 is 20.6 Å². The third kappa shape index (κ3) is 4.15. The fourth-order valence-electron chi connectivity index (χ4n) is 1.78. The van der Waals surface area contributed by atoms with E-state index in [1.165, 1.54) is 0 Å². The summed E-state index contributed by atoms with van der Waals surface area (Å²) in [5.41, 5.74) is 1.47. The van der Waals surface area contributed by atoms with Crippen molar-refractivity contribution in [3.05, 3.63) is 24.3 Å². The molecule has 2 amide bonds. The number of hydrogen-bond donors (Lipinski definition) is 3. The largest absolute Gasteiger partial charge is 0.480 e. The molecule has 0 aliphatic rings. The lowest BCUT2D eigenvalue weighted by Crippen LogP contribution is -2.46. The van der Waals surface area contributed by atoms with Gasteiger partial charge in [-0.1, -0.05) is 26.0 Å². The lowest BCUT2D eigenvalue weighted by atomic mass is 10.1.